The van der Waals surface area contributed by atoms with Crippen molar-refractivity contribution in [3.8, 4) is 0 Å². The van der Waals surface area contributed by atoms with E-state index in [0.29, 0.717) is 13.2 Å². The molecular formula is C13H25NO2. The first kappa shape index (κ1) is 12.3. The molecule has 2 fully saturated rings. The minimum Gasteiger partial charge on any atom is -0.388 e. The maximum atomic E-state index is 10.8. The third-order valence-corrected chi connectivity index (χ3v) is 4.82. The zero-order valence-electron chi connectivity index (χ0n) is 10.4. The Bertz CT molecular complexity index is 228. The summed E-state index contributed by atoms with van der Waals surface area (Å²) in [6, 6.07) is 0. The van der Waals surface area contributed by atoms with Crippen LogP contribution in [0.1, 0.15) is 51.9 Å². The first-order chi connectivity index (χ1) is 7.60. The fourth-order valence-electron chi connectivity index (χ4n) is 3.26. The summed E-state index contributed by atoms with van der Waals surface area (Å²) in [5.74, 6) is 0.795. The molecule has 0 amide bonds. The summed E-state index contributed by atoms with van der Waals surface area (Å²) in [5, 5.41) is 10.8. The molecule has 16 heavy (non-hydrogen) atoms. The van der Waals surface area contributed by atoms with E-state index in [0.717, 1.165) is 44.4 Å². The molecule has 0 aromatic rings. The summed E-state index contributed by atoms with van der Waals surface area (Å²) in [6.07, 6.45) is 6.86. The minimum atomic E-state index is -0.636. The molecular weight excluding hydrogens is 202 g/mol. The largest absolute Gasteiger partial charge is 0.388 e. The molecule has 3 N–H and O–H groups in total. The molecule has 0 unspecified atom stereocenters. The molecule has 3 nitrogen and oxygen atoms in total. The lowest BCUT2D eigenvalue weighted by Crippen LogP contribution is -2.64. The molecule has 0 aromatic heterocycles. The van der Waals surface area contributed by atoms with Crippen LogP contribution in [0.5, 0.6) is 0 Å². The summed E-state index contributed by atoms with van der Waals surface area (Å²) < 4.78 is 5.35. The molecule has 2 rings (SSSR count). The van der Waals surface area contributed by atoms with Gasteiger partial charge in [0.05, 0.1) is 5.60 Å². The molecule has 3 heteroatoms. The Kier molecular flexibility index (Phi) is 3.57. The summed E-state index contributed by atoms with van der Waals surface area (Å²) in [4.78, 5) is 0. The van der Waals surface area contributed by atoms with Gasteiger partial charge in [0.15, 0.2) is 0 Å². The standard InChI is InChI=1S/C13H25NO2/c1-2-11-3-5-13(15,6-4-11)12(14)7-9-16-10-8-12/h11,15H,2-10,14H2,1H3. The van der Waals surface area contributed by atoms with Crippen LogP contribution >= 0.6 is 0 Å². The summed E-state index contributed by atoms with van der Waals surface area (Å²) in [7, 11) is 0. The second kappa shape index (κ2) is 4.63. The van der Waals surface area contributed by atoms with E-state index < -0.39 is 11.1 Å². The number of aliphatic hydroxyl groups is 1. The molecule has 1 heterocycles. The van der Waals surface area contributed by atoms with E-state index >= 15 is 0 Å². The molecule has 1 aliphatic carbocycles. The molecule has 0 spiro atoms. The van der Waals surface area contributed by atoms with Crippen molar-refractivity contribution in [2.45, 2.75) is 63.0 Å². The van der Waals surface area contributed by atoms with Crippen molar-refractivity contribution in [1.29, 1.82) is 0 Å². The fourth-order valence-corrected chi connectivity index (χ4v) is 3.26. The first-order valence-corrected chi connectivity index (χ1v) is 6.69. The Labute approximate surface area is 98.4 Å². The lowest BCUT2D eigenvalue weighted by Gasteiger charge is -2.50. The lowest BCUT2D eigenvalue weighted by molar-refractivity contribution is -0.109. The quantitative estimate of drug-likeness (QED) is 0.756. The van der Waals surface area contributed by atoms with Crippen LogP contribution in [0.4, 0.5) is 0 Å². The van der Waals surface area contributed by atoms with Crippen molar-refractivity contribution in [2.75, 3.05) is 13.2 Å². The predicted molar refractivity (Wildman–Crippen MR) is 64.2 cm³/mol. The maximum Gasteiger partial charge on any atom is 0.0828 e. The van der Waals surface area contributed by atoms with Crippen molar-refractivity contribution in [2.24, 2.45) is 11.7 Å². The summed E-state index contributed by atoms with van der Waals surface area (Å²) in [5.41, 5.74) is 5.39. The number of ether oxygens (including phenoxy) is 1. The second-order valence-corrected chi connectivity index (χ2v) is 5.65. The molecule has 1 saturated heterocycles. The Hall–Kier alpha value is -0.120. The zero-order valence-corrected chi connectivity index (χ0v) is 10.4. The van der Waals surface area contributed by atoms with Gasteiger partial charge in [0.25, 0.3) is 0 Å². The second-order valence-electron chi connectivity index (χ2n) is 5.65. The fraction of sp³-hybridized carbons (Fsp3) is 1.00. The normalized spacial score (nSPS) is 39.6. The zero-order chi connectivity index (χ0) is 11.6. The van der Waals surface area contributed by atoms with E-state index in [1.54, 1.807) is 0 Å². The molecule has 2 aliphatic rings. The molecule has 0 radical (unpaired) electrons. The van der Waals surface area contributed by atoms with Crippen molar-refractivity contribution >= 4 is 0 Å². The Morgan fingerprint density at radius 2 is 1.75 bits per heavy atom. The lowest BCUT2D eigenvalue weighted by atomic mass is 9.65. The number of hydrogen-bond donors (Lipinski definition) is 2. The van der Waals surface area contributed by atoms with Gasteiger partial charge in [-0.2, -0.15) is 0 Å². The monoisotopic (exact) mass is 227 g/mol. The van der Waals surface area contributed by atoms with Crippen LogP contribution in [0.2, 0.25) is 0 Å². The maximum absolute atomic E-state index is 10.8. The van der Waals surface area contributed by atoms with Crippen molar-refractivity contribution in [1.82, 2.24) is 0 Å². The van der Waals surface area contributed by atoms with Gasteiger partial charge in [-0.3, -0.25) is 0 Å². The van der Waals surface area contributed by atoms with Crippen LogP contribution in [0, 0.1) is 5.92 Å². The van der Waals surface area contributed by atoms with Crippen molar-refractivity contribution < 1.29 is 9.84 Å². The Morgan fingerprint density at radius 1 is 1.19 bits per heavy atom. The average molecular weight is 227 g/mol. The SMILES string of the molecule is CCC1CCC(O)(C2(N)CCOCC2)CC1. The molecule has 0 bridgehead atoms. The molecule has 0 atom stereocenters. The van der Waals surface area contributed by atoms with Gasteiger partial charge in [0, 0.05) is 18.8 Å². The Morgan fingerprint density at radius 3 is 2.25 bits per heavy atom. The van der Waals surface area contributed by atoms with Gasteiger partial charge in [0.2, 0.25) is 0 Å². The Balaban J connectivity index is 2.01. The van der Waals surface area contributed by atoms with E-state index in [4.69, 9.17) is 10.5 Å². The van der Waals surface area contributed by atoms with Crippen LogP contribution in [0.3, 0.4) is 0 Å². The highest BCUT2D eigenvalue weighted by molar-refractivity contribution is 5.06. The van der Waals surface area contributed by atoms with Crippen LogP contribution in [-0.2, 0) is 4.74 Å². The van der Waals surface area contributed by atoms with E-state index in [9.17, 15) is 5.11 Å². The highest BCUT2D eigenvalue weighted by Crippen LogP contribution is 2.42. The van der Waals surface area contributed by atoms with E-state index in [1.807, 2.05) is 0 Å². The van der Waals surface area contributed by atoms with Gasteiger partial charge >= 0.3 is 0 Å². The minimum absolute atomic E-state index is 0.399. The predicted octanol–water partition coefficient (Wildman–Crippen LogP) is 1.83. The number of nitrogens with two attached hydrogens (primary N) is 1. The third kappa shape index (κ3) is 2.13. The average Bonchev–Trinajstić information content (AvgIpc) is 2.31. The van der Waals surface area contributed by atoms with Crippen LogP contribution in [0.25, 0.3) is 0 Å². The van der Waals surface area contributed by atoms with Crippen molar-refractivity contribution in [3.05, 3.63) is 0 Å². The van der Waals surface area contributed by atoms with E-state index in [2.05, 4.69) is 6.92 Å². The smallest absolute Gasteiger partial charge is 0.0828 e. The summed E-state index contributed by atoms with van der Waals surface area (Å²) >= 11 is 0. The third-order valence-electron chi connectivity index (χ3n) is 4.82. The molecule has 94 valence electrons. The van der Waals surface area contributed by atoms with Gasteiger partial charge in [0.1, 0.15) is 0 Å². The van der Waals surface area contributed by atoms with Crippen LogP contribution in [0.15, 0.2) is 0 Å². The number of hydrogen-bond acceptors (Lipinski definition) is 3. The summed E-state index contributed by atoms with van der Waals surface area (Å²) in [6.45, 7) is 3.65. The topological polar surface area (TPSA) is 55.5 Å². The highest BCUT2D eigenvalue weighted by atomic mass is 16.5. The molecule has 0 aromatic carbocycles. The van der Waals surface area contributed by atoms with Crippen molar-refractivity contribution in [3.63, 3.8) is 0 Å². The van der Waals surface area contributed by atoms with Crippen LogP contribution < -0.4 is 5.73 Å². The molecule has 1 aliphatic heterocycles. The first-order valence-electron chi connectivity index (χ1n) is 6.69. The van der Waals surface area contributed by atoms with Crippen LogP contribution in [-0.4, -0.2) is 29.5 Å². The van der Waals surface area contributed by atoms with Gasteiger partial charge in [-0.1, -0.05) is 13.3 Å². The number of rotatable bonds is 2. The highest BCUT2D eigenvalue weighted by Gasteiger charge is 2.49. The van der Waals surface area contributed by atoms with E-state index in [-0.39, 0.29) is 0 Å². The van der Waals surface area contributed by atoms with Gasteiger partial charge < -0.3 is 15.6 Å². The molecule has 1 saturated carbocycles. The van der Waals surface area contributed by atoms with Gasteiger partial charge in [-0.25, -0.2) is 0 Å². The van der Waals surface area contributed by atoms with Gasteiger partial charge in [-0.15, -0.1) is 0 Å². The van der Waals surface area contributed by atoms with Gasteiger partial charge in [-0.05, 0) is 44.4 Å². The van der Waals surface area contributed by atoms with E-state index in [1.165, 1.54) is 6.42 Å².